The van der Waals surface area contributed by atoms with Crippen LogP contribution in [0.25, 0.3) is 0 Å². The van der Waals surface area contributed by atoms with Crippen molar-refractivity contribution in [1.29, 1.82) is 0 Å². The molecule has 0 saturated heterocycles. The van der Waals surface area contributed by atoms with E-state index in [1.165, 1.54) is 35.4 Å². The topological polar surface area (TPSA) is 59.5 Å². The fourth-order valence-electron chi connectivity index (χ4n) is 1.98. The third-order valence-corrected chi connectivity index (χ3v) is 3.18. The number of carbonyl (C=O) groups is 1. The van der Waals surface area contributed by atoms with Gasteiger partial charge < -0.3 is 15.1 Å². The number of nitrogens with two attached hydrogens (primary N) is 1. The molecule has 2 aromatic rings. The fraction of sp³-hybridized carbons (Fsp3) is 0.267. The van der Waals surface area contributed by atoms with Crippen LogP contribution in [0, 0.1) is 11.6 Å². The zero-order chi connectivity index (χ0) is 15.4. The van der Waals surface area contributed by atoms with E-state index in [4.69, 9.17) is 10.2 Å². The highest BCUT2D eigenvalue weighted by Crippen LogP contribution is 2.17. The Bertz CT molecular complexity index is 620. The molecule has 2 rings (SSSR count). The molecule has 2 N–H and O–H groups in total. The molecule has 1 aromatic carbocycles. The molecule has 0 aliphatic carbocycles. The zero-order valence-corrected chi connectivity index (χ0v) is 11.6. The quantitative estimate of drug-likeness (QED) is 0.922. The molecule has 6 heteroatoms. The number of carbonyl (C=O) groups excluding carboxylic acids is 1. The van der Waals surface area contributed by atoms with Gasteiger partial charge in [0.1, 0.15) is 23.7 Å². The Morgan fingerprint density at radius 1 is 1.33 bits per heavy atom. The Hall–Kier alpha value is -2.21. The van der Waals surface area contributed by atoms with E-state index in [0.717, 1.165) is 0 Å². The first-order valence-electron chi connectivity index (χ1n) is 6.56. The van der Waals surface area contributed by atoms with Crippen LogP contribution in [0.4, 0.5) is 8.78 Å². The van der Waals surface area contributed by atoms with Crippen LogP contribution in [0.1, 0.15) is 28.6 Å². The maximum Gasteiger partial charge on any atom is 0.257 e. The maximum absolute atomic E-state index is 13.7. The largest absolute Gasteiger partial charge is 0.467 e. The lowest BCUT2D eigenvalue weighted by Crippen LogP contribution is -2.30. The molecule has 0 fully saturated rings. The SMILES string of the molecule is CCN(Cc1c(F)cccc1F)C(=O)c1coc(CN)c1. The summed E-state index contributed by atoms with van der Waals surface area (Å²) in [5, 5.41) is 0. The van der Waals surface area contributed by atoms with E-state index < -0.39 is 11.6 Å². The average molecular weight is 294 g/mol. The molecule has 1 amide bonds. The number of nitrogens with zero attached hydrogens (tertiary/aromatic N) is 1. The second-order valence-corrected chi connectivity index (χ2v) is 4.53. The van der Waals surface area contributed by atoms with Gasteiger partial charge in [-0.05, 0) is 25.1 Å². The predicted molar refractivity (Wildman–Crippen MR) is 73.4 cm³/mol. The van der Waals surface area contributed by atoms with Crippen LogP contribution in [0.3, 0.4) is 0 Å². The second-order valence-electron chi connectivity index (χ2n) is 4.53. The molecule has 0 saturated carbocycles. The van der Waals surface area contributed by atoms with Gasteiger partial charge in [0.15, 0.2) is 0 Å². The normalized spacial score (nSPS) is 10.7. The van der Waals surface area contributed by atoms with Crippen molar-refractivity contribution in [3.8, 4) is 0 Å². The number of hydrogen-bond acceptors (Lipinski definition) is 3. The lowest BCUT2D eigenvalue weighted by molar-refractivity contribution is 0.0749. The van der Waals surface area contributed by atoms with Gasteiger partial charge in [-0.2, -0.15) is 0 Å². The van der Waals surface area contributed by atoms with Crippen LogP contribution >= 0.6 is 0 Å². The number of benzene rings is 1. The van der Waals surface area contributed by atoms with Crippen LogP contribution in [0.5, 0.6) is 0 Å². The molecule has 0 radical (unpaired) electrons. The summed E-state index contributed by atoms with van der Waals surface area (Å²) < 4.78 is 32.4. The highest BCUT2D eigenvalue weighted by Gasteiger charge is 2.20. The Kier molecular flexibility index (Phi) is 4.70. The van der Waals surface area contributed by atoms with Crippen molar-refractivity contribution < 1.29 is 18.0 Å². The average Bonchev–Trinajstić information content (AvgIpc) is 2.95. The summed E-state index contributed by atoms with van der Waals surface area (Å²) in [6.45, 7) is 2.09. The number of rotatable bonds is 5. The van der Waals surface area contributed by atoms with Crippen molar-refractivity contribution in [1.82, 2.24) is 4.90 Å². The summed E-state index contributed by atoms with van der Waals surface area (Å²) in [7, 11) is 0. The standard InChI is InChI=1S/C15H16F2N2O2/c1-2-19(8-12-13(16)4-3-5-14(12)17)15(20)10-6-11(7-18)21-9-10/h3-6,9H,2,7-8,18H2,1H3. The van der Waals surface area contributed by atoms with Gasteiger partial charge in [0.25, 0.3) is 5.91 Å². The summed E-state index contributed by atoms with van der Waals surface area (Å²) in [5.74, 6) is -1.22. The molecule has 21 heavy (non-hydrogen) atoms. The highest BCUT2D eigenvalue weighted by atomic mass is 19.1. The van der Waals surface area contributed by atoms with Crippen molar-refractivity contribution in [2.45, 2.75) is 20.0 Å². The van der Waals surface area contributed by atoms with E-state index in [2.05, 4.69) is 0 Å². The van der Waals surface area contributed by atoms with Gasteiger partial charge >= 0.3 is 0 Å². The molecule has 1 heterocycles. The van der Waals surface area contributed by atoms with Gasteiger partial charge in [0, 0.05) is 12.1 Å². The third-order valence-electron chi connectivity index (χ3n) is 3.18. The van der Waals surface area contributed by atoms with Crippen LogP contribution in [0.15, 0.2) is 34.9 Å². The van der Waals surface area contributed by atoms with E-state index in [1.54, 1.807) is 6.92 Å². The first-order chi connectivity index (χ1) is 10.1. The lowest BCUT2D eigenvalue weighted by Gasteiger charge is -2.20. The molecule has 0 atom stereocenters. The fourth-order valence-corrected chi connectivity index (χ4v) is 1.98. The summed E-state index contributed by atoms with van der Waals surface area (Å²) >= 11 is 0. The van der Waals surface area contributed by atoms with Crippen LogP contribution in [0.2, 0.25) is 0 Å². The van der Waals surface area contributed by atoms with Gasteiger partial charge in [-0.1, -0.05) is 6.07 Å². The molecule has 0 aliphatic heterocycles. The smallest absolute Gasteiger partial charge is 0.257 e. The van der Waals surface area contributed by atoms with Crippen molar-refractivity contribution >= 4 is 5.91 Å². The molecular formula is C15H16F2N2O2. The number of halogens is 2. The monoisotopic (exact) mass is 294 g/mol. The summed E-state index contributed by atoms with van der Waals surface area (Å²) in [6.07, 6.45) is 1.30. The van der Waals surface area contributed by atoms with Gasteiger partial charge in [-0.25, -0.2) is 8.78 Å². The Labute approximate surface area is 121 Å². The highest BCUT2D eigenvalue weighted by molar-refractivity contribution is 5.94. The van der Waals surface area contributed by atoms with Crippen LogP contribution < -0.4 is 5.73 Å². The van der Waals surface area contributed by atoms with Gasteiger partial charge in [0.05, 0.1) is 18.7 Å². The van der Waals surface area contributed by atoms with E-state index >= 15 is 0 Å². The second kappa shape index (κ2) is 6.49. The molecule has 0 bridgehead atoms. The first-order valence-corrected chi connectivity index (χ1v) is 6.56. The van der Waals surface area contributed by atoms with E-state index in [1.807, 2.05) is 0 Å². The minimum absolute atomic E-state index is 0.129. The Morgan fingerprint density at radius 3 is 2.52 bits per heavy atom. The van der Waals surface area contributed by atoms with E-state index in [-0.39, 0.29) is 24.6 Å². The molecule has 0 unspecified atom stereocenters. The summed E-state index contributed by atoms with van der Waals surface area (Å²) in [5.41, 5.74) is 5.60. The predicted octanol–water partition coefficient (Wildman–Crippen LogP) is 2.68. The van der Waals surface area contributed by atoms with Crippen molar-refractivity contribution in [3.63, 3.8) is 0 Å². The minimum Gasteiger partial charge on any atom is -0.467 e. The minimum atomic E-state index is -0.670. The molecular weight excluding hydrogens is 278 g/mol. The van der Waals surface area contributed by atoms with Crippen molar-refractivity contribution in [2.24, 2.45) is 5.73 Å². The third kappa shape index (κ3) is 3.28. The Morgan fingerprint density at radius 2 is 2.00 bits per heavy atom. The number of hydrogen-bond donors (Lipinski definition) is 1. The Balaban J connectivity index is 2.21. The number of furan rings is 1. The van der Waals surface area contributed by atoms with Crippen LogP contribution in [-0.4, -0.2) is 17.4 Å². The van der Waals surface area contributed by atoms with Crippen molar-refractivity contribution in [3.05, 3.63) is 59.1 Å². The van der Waals surface area contributed by atoms with E-state index in [0.29, 0.717) is 17.9 Å². The number of amides is 1. The molecule has 0 spiro atoms. The van der Waals surface area contributed by atoms with E-state index in [9.17, 15) is 13.6 Å². The summed E-state index contributed by atoms with van der Waals surface area (Å²) in [6, 6.07) is 5.15. The van der Waals surface area contributed by atoms with Crippen molar-refractivity contribution in [2.75, 3.05) is 6.54 Å². The van der Waals surface area contributed by atoms with Gasteiger partial charge in [-0.3, -0.25) is 4.79 Å². The zero-order valence-electron chi connectivity index (χ0n) is 11.6. The molecule has 0 aliphatic rings. The first kappa shape index (κ1) is 15.2. The van der Waals surface area contributed by atoms with Gasteiger partial charge in [0.2, 0.25) is 0 Å². The molecule has 4 nitrogen and oxygen atoms in total. The molecule has 1 aromatic heterocycles. The van der Waals surface area contributed by atoms with Gasteiger partial charge in [-0.15, -0.1) is 0 Å². The lowest BCUT2D eigenvalue weighted by atomic mass is 10.1. The summed E-state index contributed by atoms with van der Waals surface area (Å²) in [4.78, 5) is 13.7. The molecule has 112 valence electrons. The van der Waals surface area contributed by atoms with Crippen LogP contribution in [-0.2, 0) is 13.1 Å². The maximum atomic E-state index is 13.7.